The molecule has 0 spiro atoms. The number of benzene rings is 7. The molecule has 0 atom stereocenters. The largest absolute Gasteiger partial charge is 0.264 e. The number of fused-ring (bicyclic) bond motifs is 10. The zero-order valence-electron chi connectivity index (χ0n) is 19.6. The van der Waals surface area contributed by atoms with Crippen LogP contribution >= 0.6 is 0 Å². The van der Waals surface area contributed by atoms with Gasteiger partial charge in [-0.05, 0) is 101 Å². The SMILES string of the molecule is c1ccc2cc3c(cc2c1)c1ccccc1c1cc(-c2ccc4cnccc4c2)c2ccccc2c13. The smallest absolute Gasteiger partial charge is 0.0346 e. The Morgan fingerprint density at radius 1 is 0.389 bits per heavy atom. The first-order valence-electron chi connectivity index (χ1n) is 12.4. The van der Waals surface area contributed by atoms with Crippen molar-refractivity contribution in [2.24, 2.45) is 0 Å². The first-order chi connectivity index (χ1) is 17.8. The van der Waals surface area contributed by atoms with Crippen LogP contribution in [0.2, 0.25) is 0 Å². The molecule has 0 bridgehead atoms. The lowest BCUT2D eigenvalue weighted by atomic mass is 9.86. The summed E-state index contributed by atoms with van der Waals surface area (Å²) in [6.07, 6.45) is 3.80. The molecule has 1 nitrogen and oxygen atoms in total. The molecule has 0 aliphatic carbocycles. The second-order valence-corrected chi connectivity index (χ2v) is 9.62. The average molecular weight is 456 g/mol. The highest BCUT2D eigenvalue weighted by Crippen LogP contribution is 2.43. The van der Waals surface area contributed by atoms with E-state index in [1.54, 1.807) is 0 Å². The van der Waals surface area contributed by atoms with Crippen LogP contribution in [0.1, 0.15) is 0 Å². The van der Waals surface area contributed by atoms with Gasteiger partial charge in [0.1, 0.15) is 0 Å². The van der Waals surface area contributed by atoms with Crippen molar-refractivity contribution in [3.05, 3.63) is 128 Å². The first kappa shape index (κ1) is 19.5. The molecule has 0 aliphatic heterocycles. The van der Waals surface area contributed by atoms with Crippen LogP contribution in [0.25, 0.3) is 75.8 Å². The second kappa shape index (κ2) is 7.37. The van der Waals surface area contributed by atoms with Gasteiger partial charge >= 0.3 is 0 Å². The zero-order chi connectivity index (χ0) is 23.6. The molecule has 0 radical (unpaired) electrons. The number of nitrogens with zero attached hydrogens (tertiary/aromatic N) is 1. The van der Waals surface area contributed by atoms with Gasteiger partial charge in [-0.1, -0.05) is 84.9 Å². The van der Waals surface area contributed by atoms with Crippen LogP contribution < -0.4 is 0 Å². The lowest BCUT2D eigenvalue weighted by Gasteiger charge is -2.17. The lowest BCUT2D eigenvalue weighted by Crippen LogP contribution is -1.89. The predicted molar refractivity (Wildman–Crippen MR) is 155 cm³/mol. The summed E-state index contributed by atoms with van der Waals surface area (Å²) in [7, 11) is 0. The Hall–Kier alpha value is -4.75. The number of hydrogen-bond donors (Lipinski definition) is 0. The molecule has 0 fully saturated rings. The third kappa shape index (κ3) is 2.74. The standard InChI is InChI=1S/C35H21N/c1-2-8-23-19-33-32(18-22(23)7-1)27-9-3-4-10-28(27)34-20-31(29-11-5-6-12-30(29)35(33)34)25-13-14-26-21-36-16-15-24(26)17-25/h1-21H. The Balaban J connectivity index is 1.60. The molecule has 1 heterocycles. The van der Waals surface area contributed by atoms with E-state index in [9.17, 15) is 0 Å². The maximum absolute atomic E-state index is 4.29. The van der Waals surface area contributed by atoms with Gasteiger partial charge in [-0.15, -0.1) is 0 Å². The minimum absolute atomic E-state index is 1.16. The summed E-state index contributed by atoms with van der Waals surface area (Å²) < 4.78 is 0. The molecular formula is C35H21N. The van der Waals surface area contributed by atoms with E-state index >= 15 is 0 Å². The summed E-state index contributed by atoms with van der Waals surface area (Å²) in [6.45, 7) is 0. The zero-order valence-corrected chi connectivity index (χ0v) is 19.6. The molecule has 1 heteroatoms. The maximum atomic E-state index is 4.29. The van der Waals surface area contributed by atoms with E-state index in [1.807, 2.05) is 12.4 Å². The monoisotopic (exact) mass is 455 g/mol. The molecule has 0 unspecified atom stereocenters. The first-order valence-corrected chi connectivity index (χ1v) is 12.4. The van der Waals surface area contributed by atoms with Gasteiger partial charge in [-0.3, -0.25) is 4.98 Å². The Bertz CT molecular complexity index is 2150. The van der Waals surface area contributed by atoms with Gasteiger partial charge in [-0.2, -0.15) is 0 Å². The predicted octanol–water partition coefficient (Wildman–Crippen LogP) is 9.67. The third-order valence-corrected chi connectivity index (χ3v) is 7.66. The molecule has 1 aromatic heterocycles. The van der Waals surface area contributed by atoms with Gasteiger partial charge in [0, 0.05) is 17.8 Å². The normalized spacial score (nSPS) is 11.9. The van der Waals surface area contributed by atoms with Crippen molar-refractivity contribution in [1.82, 2.24) is 4.98 Å². The van der Waals surface area contributed by atoms with E-state index in [2.05, 4.69) is 120 Å². The summed E-state index contributed by atoms with van der Waals surface area (Å²) in [6, 6.07) is 42.4. The Labute approximate surface area is 208 Å². The quantitative estimate of drug-likeness (QED) is 0.177. The van der Waals surface area contributed by atoms with Crippen molar-refractivity contribution >= 4 is 64.6 Å². The van der Waals surface area contributed by atoms with Crippen LogP contribution in [-0.4, -0.2) is 4.98 Å². The van der Waals surface area contributed by atoms with E-state index in [1.165, 1.54) is 70.4 Å². The number of pyridine rings is 1. The summed E-state index contributed by atoms with van der Waals surface area (Å²) in [4.78, 5) is 4.29. The maximum Gasteiger partial charge on any atom is 0.0346 e. The van der Waals surface area contributed by atoms with E-state index in [0.717, 1.165) is 5.39 Å². The van der Waals surface area contributed by atoms with E-state index in [-0.39, 0.29) is 0 Å². The van der Waals surface area contributed by atoms with Crippen LogP contribution in [0.15, 0.2) is 128 Å². The fourth-order valence-corrected chi connectivity index (χ4v) is 5.99. The Morgan fingerprint density at radius 3 is 1.81 bits per heavy atom. The molecular weight excluding hydrogens is 434 g/mol. The van der Waals surface area contributed by atoms with Crippen LogP contribution in [0.3, 0.4) is 0 Å². The summed E-state index contributed by atoms with van der Waals surface area (Å²) >= 11 is 0. The average Bonchev–Trinajstić information content (AvgIpc) is 2.95. The summed E-state index contributed by atoms with van der Waals surface area (Å²) in [5.41, 5.74) is 2.50. The second-order valence-electron chi connectivity index (χ2n) is 9.62. The molecule has 36 heavy (non-hydrogen) atoms. The third-order valence-electron chi connectivity index (χ3n) is 7.66. The van der Waals surface area contributed by atoms with E-state index < -0.39 is 0 Å². The molecule has 0 saturated carbocycles. The molecule has 8 aromatic rings. The highest BCUT2D eigenvalue weighted by Gasteiger charge is 2.15. The molecule has 7 aromatic carbocycles. The fourth-order valence-electron chi connectivity index (χ4n) is 5.99. The highest BCUT2D eigenvalue weighted by molar-refractivity contribution is 6.34. The lowest BCUT2D eigenvalue weighted by molar-refractivity contribution is 1.36. The van der Waals surface area contributed by atoms with E-state index in [0.29, 0.717) is 0 Å². The van der Waals surface area contributed by atoms with Crippen LogP contribution in [0.4, 0.5) is 0 Å². The topological polar surface area (TPSA) is 12.9 Å². The Kier molecular flexibility index (Phi) is 4.00. The Morgan fingerprint density at radius 2 is 1.00 bits per heavy atom. The summed E-state index contributed by atoms with van der Waals surface area (Å²) in [5, 5.41) is 15.4. The fraction of sp³-hybridized carbons (Fsp3) is 0. The minimum atomic E-state index is 1.16. The number of hydrogen-bond acceptors (Lipinski definition) is 1. The van der Waals surface area contributed by atoms with Crippen molar-refractivity contribution in [3.8, 4) is 11.1 Å². The van der Waals surface area contributed by atoms with Gasteiger partial charge in [0.2, 0.25) is 0 Å². The number of aromatic nitrogens is 1. The van der Waals surface area contributed by atoms with Crippen molar-refractivity contribution in [3.63, 3.8) is 0 Å². The van der Waals surface area contributed by atoms with Gasteiger partial charge in [-0.25, -0.2) is 0 Å². The van der Waals surface area contributed by atoms with Crippen molar-refractivity contribution in [2.45, 2.75) is 0 Å². The number of rotatable bonds is 1. The van der Waals surface area contributed by atoms with Gasteiger partial charge in [0.25, 0.3) is 0 Å². The minimum Gasteiger partial charge on any atom is -0.264 e. The van der Waals surface area contributed by atoms with E-state index in [4.69, 9.17) is 0 Å². The van der Waals surface area contributed by atoms with Gasteiger partial charge in [0.05, 0.1) is 0 Å². The summed E-state index contributed by atoms with van der Waals surface area (Å²) in [5.74, 6) is 0. The van der Waals surface area contributed by atoms with Gasteiger partial charge in [0.15, 0.2) is 0 Å². The van der Waals surface area contributed by atoms with Crippen LogP contribution in [0.5, 0.6) is 0 Å². The van der Waals surface area contributed by atoms with Gasteiger partial charge < -0.3 is 0 Å². The van der Waals surface area contributed by atoms with Crippen molar-refractivity contribution in [1.29, 1.82) is 0 Å². The molecule has 8 rings (SSSR count). The molecule has 0 aliphatic rings. The van der Waals surface area contributed by atoms with Crippen molar-refractivity contribution < 1.29 is 0 Å². The molecule has 0 saturated heterocycles. The highest BCUT2D eigenvalue weighted by atomic mass is 14.6. The molecule has 0 amide bonds. The van der Waals surface area contributed by atoms with Crippen LogP contribution in [0, 0.1) is 0 Å². The van der Waals surface area contributed by atoms with Crippen LogP contribution in [-0.2, 0) is 0 Å². The van der Waals surface area contributed by atoms with Crippen molar-refractivity contribution in [2.75, 3.05) is 0 Å². The molecule has 0 N–H and O–H groups in total. The molecule has 166 valence electrons.